The van der Waals surface area contributed by atoms with E-state index in [2.05, 4.69) is 42.3 Å². The van der Waals surface area contributed by atoms with Gasteiger partial charge in [0.25, 0.3) is 11.0 Å². The fraction of sp³-hybridized carbons (Fsp3) is 0.200. The van der Waals surface area contributed by atoms with Crippen LogP contribution < -0.4 is 4.18 Å². The molecule has 0 atom stereocenters. The Labute approximate surface area is 144 Å². The van der Waals surface area contributed by atoms with Gasteiger partial charge in [-0.05, 0) is 23.6 Å². The number of benzene rings is 2. The van der Waals surface area contributed by atoms with Crippen molar-refractivity contribution < 1.29 is 12.6 Å². The Kier molecular flexibility index (Phi) is 10.5. The molecule has 2 aromatic carbocycles. The Hall–Kier alpha value is -0.810. The quantitative estimate of drug-likeness (QED) is 0.700. The summed E-state index contributed by atoms with van der Waals surface area (Å²) in [5.74, 6) is 1.00. The van der Waals surface area contributed by atoms with Crippen molar-refractivity contribution in [1.29, 1.82) is 0 Å². The molecule has 3 nitrogen and oxygen atoms in total. The molecule has 104 valence electrons. The molecule has 5 heteroatoms. The summed E-state index contributed by atoms with van der Waals surface area (Å²) in [7, 11) is -2.78. The van der Waals surface area contributed by atoms with Crippen LogP contribution in [0.15, 0.2) is 60.7 Å². The Morgan fingerprint density at radius 2 is 1.30 bits per heavy atom. The van der Waals surface area contributed by atoms with Gasteiger partial charge in [0.2, 0.25) is 0 Å². The number of para-hydroxylation sites is 1. The van der Waals surface area contributed by atoms with Gasteiger partial charge in [-0.25, -0.2) is 0 Å². The van der Waals surface area contributed by atoms with Crippen LogP contribution >= 0.6 is 0 Å². The fourth-order valence-electron chi connectivity index (χ4n) is 1.41. The molecule has 0 bridgehead atoms. The van der Waals surface area contributed by atoms with E-state index < -0.39 is 11.0 Å². The van der Waals surface area contributed by atoms with Gasteiger partial charge in [-0.15, -0.1) is 0 Å². The zero-order valence-corrected chi connectivity index (χ0v) is 11.9. The van der Waals surface area contributed by atoms with Crippen molar-refractivity contribution in [3.8, 4) is 5.75 Å². The van der Waals surface area contributed by atoms with E-state index in [1.54, 1.807) is 30.3 Å². The van der Waals surface area contributed by atoms with Crippen molar-refractivity contribution in [2.75, 3.05) is 0 Å². The van der Waals surface area contributed by atoms with Gasteiger partial charge in [-0.3, -0.25) is 0 Å². The maximum absolute atomic E-state index is 9.98. The Morgan fingerprint density at radius 1 is 0.850 bits per heavy atom. The maximum atomic E-state index is 9.98. The van der Waals surface area contributed by atoms with Crippen LogP contribution in [0.1, 0.15) is 25.3 Å². The molecule has 0 spiro atoms. The van der Waals surface area contributed by atoms with E-state index >= 15 is 0 Å². The molecular weight excluding hydrogens is 283 g/mol. The van der Waals surface area contributed by atoms with Crippen LogP contribution in [0.25, 0.3) is 0 Å². The average Bonchev–Trinajstić information content (AvgIpc) is 2.41. The number of hydrogen-bond donors (Lipinski definition) is 1. The number of rotatable bonds is 3. The molecule has 0 radical (unpaired) electrons. The first kappa shape index (κ1) is 19.2. The zero-order valence-electron chi connectivity index (χ0n) is 11.0. The van der Waals surface area contributed by atoms with Gasteiger partial charge < -0.3 is 4.18 Å². The summed E-state index contributed by atoms with van der Waals surface area (Å²) in [5, 5.41) is 0. The molecule has 20 heavy (non-hydrogen) atoms. The molecule has 0 aliphatic carbocycles. The van der Waals surface area contributed by atoms with E-state index in [0.717, 1.165) is 0 Å². The van der Waals surface area contributed by atoms with E-state index in [0.29, 0.717) is 11.7 Å². The molecule has 0 heterocycles. The second-order valence-corrected chi connectivity index (χ2v) is 4.82. The fourth-order valence-corrected chi connectivity index (χ4v) is 1.70. The Balaban J connectivity index is 0.000000345. The van der Waals surface area contributed by atoms with E-state index in [4.69, 9.17) is 0 Å². The van der Waals surface area contributed by atoms with Crippen LogP contribution in [0.3, 0.4) is 0 Å². The summed E-state index contributed by atoms with van der Waals surface area (Å²) in [6.07, 6.45) is 0. The first-order chi connectivity index (χ1) is 9.09. The Morgan fingerprint density at radius 3 is 1.65 bits per heavy atom. The molecule has 0 aromatic heterocycles. The minimum absolute atomic E-state index is 0. The van der Waals surface area contributed by atoms with Crippen LogP contribution in [-0.2, 0) is 11.0 Å². The molecule has 0 fully saturated rings. The van der Waals surface area contributed by atoms with Gasteiger partial charge in [-0.1, -0.05) is 62.4 Å². The van der Waals surface area contributed by atoms with Gasteiger partial charge in [0.15, 0.2) is 0 Å². The van der Waals surface area contributed by atoms with Crippen LogP contribution in [0.4, 0.5) is 0 Å². The van der Waals surface area contributed by atoms with E-state index in [9.17, 15) is 8.42 Å². The molecule has 0 saturated heterocycles. The second kappa shape index (κ2) is 10.9. The van der Waals surface area contributed by atoms with Gasteiger partial charge in [0.05, 0.1) is 0 Å². The predicted molar refractivity (Wildman–Crippen MR) is 85.1 cm³/mol. The zero-order chi connectivity index (χ0) is 14.1. The summed E-state index contributed by atoms with van der Waals surface area (Å²) >= 11 is 0. The van der Waals surface area contributed by atoms with Crippen molar-refractivity contribution in [1.82, 2.24) is 0 Å². The van der Waals surface area contributed by atoms with E-state index in [-0.39, 0.29) is 29.6 Å². The van der Waals surface area contributed by atoms with Gasteiger partial charge >= 0.3 is 29.6 Å². The summed E-state index contributed by atoms with van der Waals surface area (Å²) in [5.41, 5.74) is 1.41. The van der Waals surface area contributed by atoms with Gasteiger partial charge in [0.1, 0.15) is 5.75 Å². The predicted octanol–water partition coefficient (Wildman–Crippen LogP) is 2.75. The van der Waals surface area contributed by atoms with Crippen LogP contribution in [-0.4, -0.2) is 38.0 Å². The summed E-state index contributed by atoms with van der Waals surface area (Å²) in [6, 6.07) is 18.9. The van der Waals surface area contributed by atoms with Crippen molar-refractivity contribution in [3.63, 3.8) is 0 Å². The van der Waals surface area contributed by atoms with Crippen molar-refractivity contribution in [2.24, 2.45) is 0 Å². The second-order valence-electron chi connectivity index (χ2n) is 4.19. The molecule has 0 saturated carbocycles. The minimum atomic E-state index is -2.78. The third-order valence-corrected chi connectivity index (χ3v) is 2.75. The molecule has 0 amide bonds. The standard InChI is InChI=1S/C9H12.C6H6O3S.Na.H/c1-8(2)9-6-4-3-5-7-9;7-10(8)9-6-4-2-1-3-5-6;;/h3-8H,1-2H3;1-5,10H;;. The number of hydrogen-bond acceptors (Lipinski definition) is 3. The van der Waals surface area contributed by atoms with Crippen LogP contribution in [0.2, 0.25) is 0 Å². The first-order valence-corrected chi connectivity index (χ1v) is 7.11. The Bertz CT molecular complexity index is 532. The third kappa shape index (κ3) is 8.38. The van der Waals surface area contributed by atoms with Gasteiger partial charge in [-0.2, -0.15) is 8.42 Å². The van der Waals surface area contributed by atoms with Crippen LogP contribution in [0, 0.1) is 0 Å². The molecule has 0 N–H and O–H groups in total. The molecule has 0 unspecified atom stereocenters. The summed E-state index contributed by atoms with van der Waals surface area (Å²) in [4.78, 5) is 0. The molecule has 2 rings (SSSR count). The molecular formula is C15H19NaO3S. The van der Waals surface area contributed by atoms with E-state index in [1.165, 1.54) is 5.56 Å². The molecule has 0 aliphatic rings. The van der Waals surface area contributed by atoms with E-state index in [1.807, 2.05) is 6.07 Å². The number of thiol groups is 1. The summed E-state index contributed by atoms with van der Waals surface area (Å²) < 4.78 is 24.3. The molecule has 0 aliphatic heterocycles. The topological polar surface area (TPSA) is 43.4 Å². The normalized spacial score (nSPS) is 9.40. The monoisotopic (exact) mass is 302 g/mol. The molecule has 2 aromatic rings. The summed E-state index contributed by atoms with van der Waals surface area (Å²) in [6.45, 7) is 4.41. The van der Waals surface area contributed by atoms with Gasteiger partial charge in [0, 0.05) is 0 Å². The van der Waals surface area contributed by atoms with Crippen molar-refractivity contribution >= 4 is 40.5 Å². The first-order valence-electron chi connectivity index (χ1n) is 6.02. The van der Waals surface area contributed by atoms with Crippen molar-refractivity contribution in [3.05, 3.63) is 66.2 Å². The SMILES string of the molecule is CC(C)c1ccccc1.O=[SH](=O)Oc1ccccc1.[NaH]. The third-order valence-electron chi connectivity index (χ3n) is 2.39. The average molecular weight is 302 g/mol. The van der Waals surface area contributed by atoms with Crippen molar-refractivity contribution in [2.45, 2.75) is 19.8 Å². The van der Waals surface area contributed by atoms with Crippen LogP contribution in [0.5, 0.6) is 5.75 Å².